The predicted octanol–water partition coefficient (Wildman–Crippen LogP) is 3.75. The number of rotatable bonds is 2. The molecule has 3 heterocycles. The van der Waals surface area contributed by atoms with E-state index in [1.807, 2.05) is 48.2 Å². The van der Waals surface area contributed by atoms with Crippen LogP contribution in [0, 0.1) is 6.92 Å². The van der Waals surface area contributed by atoms with Gasteiger partial charge < -0.3 is 19.3 Å². The predicted molar refractivity (Wildman–Crippen MR) is 115 cm³/mol. The lowest BCUT2D eigenvalue weighted by molar-refractivity contribution is -0.141. The minimum atomic E-state index is -0.594. The summed E-state index contributed by atoms with van der Waals surface area (Å²) < 4.78 is 12.7. The van der Waals surface area contributed by atoms with Crippen LogP contribution >= 0.6 is 22.9 Å². The van der Waals surface area contributed by atoms with Gasteiger partial charge in [0.2, 0.25) is 6.10 Å². The second kappa shape index (κ2) is 7.39. The lowest BCUT2D eigenvalue weighted by Gasteiger charge is -2.37. The number of ether oxygens (including phenoxy) is 2. The average molecular weight is 430 g/mol. The number of piperazine rings is 1. The molecule has 0 N–H and O–H groups in total. The molecule has 150 valence electrons. The molecule has 8 heteroatoms. The van der Waals surface area contributed by atoms with E-state index in [0.717, 1.165) is 39.0 Å². The molecule has 0 bridgehead atoms. The molecule has 5 rings (SSSR count). The zero-order valence-electron chi connectivity index (χ0n) is 15.9. The fraction of sp³-hybridized carbons (Fsp3) is 0.333. The van der Waals surface area contributed by atoms with Crippen molar-refractivity contribution >= 4 is 44.2 Å². The molecule has 1 amide bonds. The smallest absolute Gasteiger partial charge is 0.267 e. The van der Waals surface area contributed by atoms with Crippen LogP contribution in [0.5, 0.6) is 11.5 Å². The Kier molecular flexibility index (Phi) is 4.72. The van der Waals surface area contributed by atoms with E-state index in [1.54, 1.807) is 11.3 Å². The lowest BCUT2D eigenvalue weighted by atomic mass is 10.2. The van der Waals surface area contributed by atoms with Crippen LogP contribution in [0.25, 0.3) is 10.2 Å². The van der Waals surface area contributed by atoms with Crippen molar-refractivity contribution in [3.05, 3.63) is 47.0 Å². The normalized spacial score (nSPS) is 18.9. The first kappa shape index (κ1) is 18.5. The van der Waals surface area contributed by atoms with E-state index in [-0.39, 0.29) is 12.5 Å². The number of para-hydroxylation sites is 2. The van der Waals surface area contributed by atoms with Gasteiger partial charge in [-0.1, -0.05) is 35.1 Å². The van der Waals surface area contributed by atoms with Crippen LogP contribution in [0.1, 0.15) is 5.56 Å². The number of nitrogens with zero attached hydrogens (tertiary/aromatic N) is 3. The first-order valence-corrected chi connectivity index (χ1v) is 10.8. The van der Waals surface area contributed by atoms with Crippen molar-refractivity contribution < 1.29 is 14.3 Å². The van der Waals surface area contributed by atoms with Crippen molar-refractivity contribution in [2.24, 2.45) is 0 Å². The van der Waals surface area contributed by atoms with E-state index >= 15 is 0 Å². The van der Waals surface area contributed by atoms with Gasteiger partial charge in [-0.15, -0.1) is 0 Å². The highest BCUT2D eigenvalue weighted by molar-refractivity contribution is 7.22. The van der Waals surface area contributed by atoms with Gasteiger partial charge in [0, 0.05) is 31.2 Å². The molecule has 6 nitrogen and oxygen atoms in total. The highest BCUT2D eigenvalue weighted by Gasteiger charge is 2.33. The first-order valence-electron chi connectivity index (χ1n) is 9.58. The molecule has 29 heavy (non-hydrogen) atoms. The number of hydrogen-bond donors (Lipinski definition) is 0. The third-order valence-electron chi connectivity index (χ3n) is 5.38. The fourth-order valence-electron chi connectivity index (χ4n) is 3.69. The summed E-state index contributed by atoms with van der Waals surface area (Å²) in [6.07, 6.45) is -0.594. The number of aryl methyl sites for hydroxylation is 1. The number of benzene rings is 2. The molecule has 1 aromatic heterocycles. The van der Waals surface area contributed by atoms with Gasteiger partial charge in [0.25, 0.3) is 5.91 Å². The minimum absolute atomic E-state index is 0.0221. The molecule has 0 radical (unpaired) electrons. The zero-order chi connectivity index (χ0) is 20.0. The SMILES string of the molecule is Cc1c(Cl)ccc2sc(N3CCN(C(=O)C4COc5ccccc5O4)CC3)nc12. The van der Waals surface area contributed by atoms with Crippen LogP contribution in [0.2, 0.25) is 5.02 Å². The maximum atomic E-state index is 12.9. The number of carbonyl (C=O) groups excluding carboxylic acids is 1. The Morgan fingerprint density at radius 1 is 1.14 bits per heavy atom. The van der Waals surface area contributed by atoms with Gasteiger partial charge in [0.05, 0.1) is 10.2 Å². The molecule has 0 saturated carbocycles. The van der Waals surface area contributed by atoms with Gasteiger partial charge >= 0.3 is 0 Å². The highest BCUT2D eigenvalue weighted by Crippen LogP contribution is 2.34. The molecule has 1 fully saturated rings. The molecule has 1 atom stereocenters. The van der Waals surface area contributed by atoms with Gasteiger partial charge in [-0.05, 0) is 36.8 Å². The van der Waals surface area contributed by atoms with Crippen LogP contribution in [0.15, 0.2) is 36.4 Å². The summed E-state index contributed by atoms with van der Waals surface area (Å²) in [5.74, 6) is 1.29. The van der Waals surface area contributed by atoms with Gasteiger partial charge in [-0.25, -0.2) is 4.98 Å². The van der Waals surface area contributed by atoms with E-state index in [0.29, 0.717) is 24.6 Å². The van der Waals surface area contributed by atoms with E-state index in [4.69, 9.17) is 26.1 Å². The number of aromatic nitrogens is 1. The van der Waals surface area contributed by atoms with Crippen LogP contribution < -0.4 is 14.4 Å². The van der Waals surface area contributed by atoms with Gasteiger partial charge in [-0.3, -0.25) is 4.79 Å². The molecule has 0 aliphatic carbocycles. The Hall–Kier alpha value is -2.51. The van der Waals surface area contributed by atoms with Crippen molar-refractivity contribution in [1.29, 1.82) is 0 Å². The van der Waals surface area contributed by atoms with E-state index < -0.39 is 6.10 Å². The van der Waals surface area contributed by atoms with Crippen LogP contribution in [-0.2, 0) is 4.79 Å². The van der Waals surface area contributed by atoms with Gasteiger partial charge in [0.1, 0.15) is 6.61 Å². The van der Waals surface area contributed by atoms with Gasteiger partial charge in [-0.2, -0.15) is 0 Å². The summed E-state index contributed by atoms with van der Waals surface area (Å²) in [4.78, 5) is 21.8. The number of hydrogen-bond acceptors (Lipinski definition) is 6. The Morgan fingerprint density at radius 3 is 2.69 bits per heavy atom. The maximum Gasteiger partial charge on any atom is 0.267 e. The molecular formula is C21H20ClN3O3S. The van der Waals surface area contributed by atoms with Crippen LogP contribution in [0.4, 0.5) is 5.13 Å². The number of halogens is 1. The number of thiazole rings is 1. The maximum absolute atomic E-state index is 12.9. The summed E-state index contributed by atoms with van der Waals surface area (Å²) in [5, 5.41) is 1.71. The number of amides is 1. The van der Waals surface area contributed by atoms with E-state index in [1.165, 1.54) is 0 Å². The third-order valence-corrected chi connectivity index (χ3v) is 6.87. The standard InChI is InChI=1S/C21H20ClN3O3S/c1-13-14(22)6-7-18-19(13)23-21(29-18)25-10-8-24(9-11-25)20(26)17-12-27-15-4-2-3-5-16(15)28-17/h2-7,17H,8-12H2,1H3. The van der Waals surface area contributed by atoms with Crippen molar-refractivity contribution in [2.45, 2.75) is 13.0 Å². The third kappa shape index (κ3) is 3.38. The summed E-state index contributed by atoms with van der Waals surface area (Å²) in [7, 11) is 0. The fourth-order valence-corrected chi connectivity index (χ4v) is 4.92. The minimum Gasteiger partial charge on any atom is -0.485 e. The Bertz CT molecular complexity index is 1080. The number of fused-ring (bicyclic) bond motifs is 2. The highest BCUT2D eigenvalue weighted by atomic mass is 35.5. The first-order chi connectivity index (χ1) is 14.1. The molecule has 2 aliphatic rings. The second-order valence-corrected chi connectivity index (χ2v) is 8.61. The molecular weight excluding hydrogens is 410 g/mol. The Balaban J connectivity index is 1.25. The topological polar surface area (TPSA) is 54.9 Å². The number of carbonyl (C=O) groups is 1. The molecule has 0 spiro atoms. The van der Waals surface area contributed by atoms with Gasteiger partial charge in [0.15, 0.2) is 16.6 Å². The van der Waals surface area contributed by atoms with Crippen LogP contribution in [0.3, 0.4) is 0 Å². The summed E-state index contributed by atoms with van der Waals surface area (Å²) in [6.45, 7) is 4.99. The second-order valence-electron chi connectivity index (χ2n) is 7.19. The summed E-state index contributed by atoms with van der Waals surface area (Å²) in [5.41, 5.74) is 1.97. The molecule has 2 aliphatic heterocycles. The molecule has 2 aromatic carbocycles. The van der Waals surface area contributed by atoms with Crippen molar-refractivity contribution in [1.82, 2.24) is 9.88 Å². The monoisotopic (exact) mass is 429 g/mol. The Morgan fingerprint density at radius 2 is 1.90 bits per heavy atom. The summed E-state index contributed by atoms with van der Waals surface area (Å²) in [6, 6.07) is 11.4. The van der Waals surface area contributed by atoms with E-state index in [2.05, 4.69) is 4.90 Å². The van der Waals surface area contributed by atoms with Crippen LogP contribution in [-0.4, -0.2) is 54.7 Å². The summed E-state index contributed by atoms with van der Waals surface area (Å²) >= 11 is 7.89. The Labute approximate surface area is 177 Å². The van der Waals surface area contributed by atoms with Crippen molar-refractivity contribution in [2.75, 3.05) is 37.7 Å². The molecule has 1 unspecified atom stereocenters. The zero-order valence-corrected chi connectivity index (χ0v) is 17.5. The molecule has 3 aromatic rings. The number of anilines is 1. The van der Waals surface area contributed by atoms with Crippen molar-refractivity contribution in [3.63, 3.8) is 0 Å². The van der Waals surface area contributed by atoms with Crippen molar-refractivity contribution in [3.8, 4) is 11.5 Å². The largest absolute Gasteiger partial charge is 0.485 e. The average Bonchev–Trinajstić information content (AvgIpc) is 3.21. The van der Waals surface area contributed by atoms with E-state index in [9.17, 15) is 4.79 Å². The quantitative estimate of drug-likeness (QED) is 0.621. The molecule has 1 saturated heterocycles. The lowest BCUT2D eigenvalue weighted by Crippen LogP contribution is -2.54.